The molecule has 1 aliphatic rings. The van der Waals surface area contributed by atoms with E-state index in [1.807, 2.05) is 12.1 Å². The summed E-state index contributed by atoms with van der Waals surface area (Å²) in [4.78, 5) is 12.5. The number of hydrogen-bond acceptors (Lipinski definition) is 3. The van der Waals surface area contributed by atoms with E-state index in [1.165, 1.54) is 0 Å². The molecule has 3 rings (SSSR count). The second-order valence-corrected chi connectivity index (χ2v) is 9.06. The standard InChI is InChI=1S/C19H21BrN2O3S/c20-18-7-3-2-6-17(18)19(23)21-14-15-8-10-16(11-9-15)26(24,25)22-12-4-1-5-13-22/h2-3,6-11H,1,4-5,12-14H2,(H,21,23). The summed E-state index contributed by atoms with van der Waals surface area (Å²) in [5.74, 6) is -0.178. The van der Waals surface area contributed by atoms with Gasteiger partial charge in [0.1, 0.15) is 0 Å². The number of benzene rings is 2. The first-order valence-corrected chi connectivity index (χ1v) is 10.8. The fourth-order valence-corrected chi connectivity index (χ4v) is 4.94. The molecular weight excluding hydrogens is 416 g/mol. The summed E-state index contributed by atoms with van der Waals surface area (Å²) in [7, 11) is -3.42. The van der Waals surface area contributed by atoms with Gasteiger partial charge in [-0.25, -0.2) is 8.42 Å². The second kappa shape index (κ2) is 8.33. The van der Waals surface area contributed by atoms with Crippen molar-refractivity contribution in [3.8, 4) is 0 Å². The van der Waals surface area contributed by atoms with E-state index in [-0.39, 0.29) is 5.91 Å². The maximum atomic E-state index is 12.6. The first kappa shape index (κ1) is 19.1. The van der Waals surface area contributed by atoms with E-state index >= 15 is 0 Å². The summed E-state index contributed by atoms with van der Waals surface area (Å²) in [6.45, 7) is 1.52. The van der Waals surface area contributed by atoms with Crippen LogP contribution in [-0.4, -0.2) is 31.7 Å². The Hall–Kier alpha value is -1.70. The highest BCUT2D eigenvalue weighted by molar-refractivity contribution is 9.10. The number of carbonyl (C=O) groups excluding carboxylic acids is 1. The molecule has 1 N–H and O–H groups in total. The molecule has 1 fully saturated rings. The van der Waals surface area contributed by atoms with Crippen LogP contribution in [0.5, 0.6) is 0 Å². The van der Waals surface area contributed by atoms with Gasteiger partial charge in [0.2, 0.25) is 10.0 Å². The predicted octanol–water partition coefficient (Wildman–Crippen LogP) is 3.55. The van der Waals surface area contributed by atoms with Crippen molar-refractivity contribution in [2.24, 2.45) is 0 Å². The molecule has 0 saturated carbocycles. The highest BCUT2D eigenvalue weighted by atomic mass is 79.9. The number of nitrogens with one attached hydrogen (secondary N) is 1. The van der Waals surface area contributed by atoms with Gasteiger partial charge < -0.3 is 5.32 Å². The molecule has 1 amide bonds. The van der Waals surface area contributed by atoms with Crippen LogP contribution < -0.4 is 5.32 Å². The maximum Gasteiger partial charge on any atom is 0.252 e. The average molecular weight is 437 g/mol. The van der Waals surface area contributed by atoms with Gasteiger partial charge in [0, 0.05) is 24.1 Å². The lowest BCUT2D eigenvalue weighted by Crippen LogP contribution is -2.35. The molecule has 138 valence electrons. The van der Waals surface area contributed by atoms with Crippen LogP contribution in [0.2, 0.25) is 0 Å². The molecular formula is C19H21BrN2O3S. The van der Waals surface area contributed by atoms with Crippen LogP contribution in [0, 0.1) is 0 Å². The number of hydrogen-bond donors (Lipinski definition) is 1. The van der Waals surface area contributed by atoms with Crippen molar-refractivity contribution in [2.45, 2.75) is 30.7 Å². The summed E-state index contributed by atoms with van der Waals surface area (Å²) < 4.78 is 27.6. The Balaban J connectivity index is 1.64. The predicted molar refractivity (Wildman–Crippen MR) is 104 cm³/mol. The molecule has 2 aromatic carbocycles. The van der Waals surface area contributed by atoms with Crippen molar-refractivity contribution < 1.29 is 13.2 Å². The lowest BCUT2D eigenvalue weighted by molar-refractivity contribution is 0.0950. The summed E-state index contributed by atoms with van der Waals surface area (Å²) in [6, 6.07) is 13.9. The smallest absolute Gasteiger partial charge is 0.252 e. The molecule has 5 nitrogen and oxygen atoms in total. The van der Waals surface area contributed by atoms with Crippen molar-refractivity contribution in [3.63, 3.8) is 0 Å². The Morgan fingerprint density at radius 3 is 2.31 bits per heavy atom. The van der Waals surface area contributed by atoms with Crippen molar-refractivity contribution >= 4 is 31.9 Å². The van der Waals surface area contributed by atoms with E-state index in [1.54, 1.807) is 40.7 Å². The molecule has 1 heterocycles. The van der Waals surface area contributed by atoms with Gasteiger partial charge in [0.05, 0.1) is 10.5 Å². The Morgan fingerprint density at radius 2 is 1.65 bits per heavy atom. The monoisotopic (exact) mass is 436 g/mol. The van der Waals surface area contributed by atoms with Gasteiger partial charge in [-0.1, -0.05) is 30.7 Å². The van der Waals surface area contributed by atoms with Crippen LogP contribution in [0.15, 0.2) is 57.9 Å². The van der Waals surface area contributed by atoms with Crippen molar-refractivity contribution in [2.75, 3.05) is 13.1 Å². The Kier molecular flexibility index (Phi) is 6.11. The van der Waals surface area contributed by atoms with Crippen LogP contribution >= 0.6 is 15.9 Å². The van der Waals surface area contributed by atoms with Crippen molar-refractivity contribution in [3.05, 3.63) is 64.1 Å². The van der Waals surface area contributed by atoms with E-state index in [2.05, 4.69) is 21.2 Å². The number of rotatable bonds is 5. The maximum absolute atomic E-state index is 12.6. The minimum absolute atomic E-state index is 0.178. The molecule has 1 aliphatic heterocycles. The van der Waals surface area contributed by atoms with E-state index in [0.717, 1.165) is 29.3 Å². The molecule has 0 radical (unpaired) electrons. The molecule has 0 unspecified atom stereocenters. The Labute approximate surface area is 162 Å². The van der Waals surface area contributed by atoms with Gasteiger partial charge in [0.25, 0.3) is 5.91 Å². The average Bonchev–Trinajstić information content (AvgIpc) is 2.67. The SMILES string of the molecule is O=C(NCc1ccc(S(=O)(=O)N2CCCCC2)cc1)c1ccccc1Br. The van der Waals surface area contributed by atoms with Crippen molar-refractivity contribution in [1.29, 1.82) is 0 Å². The third-order valence-electron chi connectivity index (χ3n) is 4.45. The summed E-state index contributed by atoms with van der Waals surface area (Å²) >= 11 is 3.36. The molecule has 0 atom stereocenters. The first-order chi connectivity index (χ1) is 12.5. The zero-order valence-electron chi connectivity index (χ0n) is 14.3. The highest BCUT2D eigenvalue weighted by Crippen LogP contribution is 2.21. The number of piperidine rings is 1. The van der Waals surface area contributed by atoms with Crippen LogP contribution in [0.4, 0.5) is 0 Å². The van der Waals surface area contributed by atoms with Gasteiger partial charge in [-0.15, -0.1) is 0 Å². The minimum atomic E-state index is -3.42. The second-order valence-electron chi connectivity index (χ2n) is 6.27. The molecule has 2 aromatic rings. The fraction of sp³-hybridized carbons (Fsp3) is 0.316. The van der Waals surface area contributed by atoms with E-state index in [4.69, 9.17) is 0 Å². The van der Waals surface area contributed by atoms with Crippen molar-refractivity contribution in [1.82, 2.24) is 9.62 Å². The largest absolute Gasteiger partial charge is 0.348 e. The molecule has 26 heavy (non-hydrogen) atoms. The van der Waals surface area contributed by atoms with E-state index < -0.39 is 10.0 Å². The van der Waals surface area contributed by atoms with Gasteiger partial charge in [-0.3, -0.25) is 4.79 Å². The summed E-state index contributed by atoms with van der Waals surface area (Å²) in [6.07, 6.45) is 2.92. The molecule has 0 bridgehead atoms. The topological polar surface area (TPSA) is 66.5 Å². The van der Waals surface area contributed by atoms with Crippen LogP contribution in [0.25, 0.3) is 0 Å². The van der Waals surface area contributed by atoms with Gasteiger partial charge in [-0.05, 0) is 58.6 Å². The van der Waals surface area contributed by atoms with Crippen LogP contribution in [0.3, 0.4) is 0 Å². The van der Waals surface area contributed by atoms with Gasteiger partial charge in [-0.2, -0.15) is 4.31 Å². The molecule has 0 aliphatic carbocycles. The minimum Gasteiger partial charge on any atom is -0.348 e. The van der Waals surface area contributed by atoms with Crippen LogP contribution in [0.1, 0.15) is 35.2 Å². The van der Waals surface area contributed by atoms with Gasteiger partial charge in [0.15, 0.2) is 0 Å². The number of sulfonamides is 1. The Bertz CT molecular complexity index is 876. The number of nitrogens with zero attached hydrogens (tertiary/aromatic N) is 1. The fourth-order valence-electron chi connectivity index (χ4n) is 2.96. The zero-order valence-corrected chi connectivity index (χ0v) is 16.7. The number of amides is 1. The number of halogens is 1. The normalized spacial score (nSPS) is 15.6. The quantitative estimate of drug-likeness (QED) is 0.778. The first-order valence-electron chi connectivity index (χ1n) is 8.60. The van der Waals surface area contributed by atoms with E-state index in [0.29, 0.717) is 30.1 Å². The van der Waals surface area contributed by atoms with Gasteiger partial charge >= 0.3 is 0 Å². The molecule has 0 spiro atoms. The molecule has 1 saturated heterocycles. The van der Waals surface area contributed by atoms with E-state index in [9.17, 15) is 13.2 Å². The van der Waals surface area contributed by atoms with Crippen LogP contribution in [-0.2, 0) is 16.6 Å². The third kappa shape index (κ3) is 4.34. The lowest BCUT2D eigenvalue weighted by Gasteiger charge is -2.25. The zero-order chi connectivity index (χ0) is 18.6. The number of carbonyl (C=O) groups is 1. The molecule has 7 heteroatoms. The summed E-state index contributed by atoms with van der Waals surface area (Å²) in [5, 5.41) is 2.85. The lowest BCUT2D eigenvalue weighted by atomic mass is 10.2. The highest BCUT2D eigenvalue weighted by Gasteiger charge is 2.25. The summed E-state index contributed by atoms with van der Waals surface area (Å²) in [5.41, 5.74) is 1.42. The third-order valence-corrected chi connectivity index (χ3v) is 7.05. The molecule has 0 aromatic heterocycles. The Morgan fingerprint density at radius 1 is 1.00 bits per heavy atom.